The normalized spacial score (nSPS) is 15.3. The maximum atomic E-state index is 12.8. The number of hydrogen-bond donors (Lipinski definition) is 1. The molecule has 0 spiro atoms. The number of methoxy groups -OCH3 is 3. The molecule has 184 valence electrons. The number of hydrazone groups is 1. The van der Waals surface area contributed by atoms with Crippen molar-refractivity contribution in [1.29, 1.82) is 0 Å². The van der Waals surface area contributed by atoms with E-state index in [-0.39, 0.29) is 17.3 Å². The van der Waals surface area contributed by atoms with Crippen molar-refractivity contribution in [2.24, 2.45) is 5.10 Å². The molecule has 1 aliphatic heterocycles. The minimum Gasteiger partial charge on any atom is -0.496 e. The van der Waals surface area contributed by atoms with Gasteiger partial charge in [-0.1, -0.05) is 15.9 Å². The van der Waals surface area contributed by atoms with Crippen LogP contribution in [0.1, 0.15) is 5.56 Å². The second-order valence-electron chi connectivity index (χ2n) is 7.38. The summed E-state index contributed by atoms with van der Waals surface area (Å²) in [7, 11) is 1.01. The first-order chi connectivity index (χ1) is 16.3. The van der Waals surface area contributed by atoms with Crippen molar-refractivity contribution in [3.63, 3.8) is 0 Å². The van der Waals surface area contributed by atoms with Gasteiger partial charge in [0, 0.05) is 42.3 Å². The smallest absolute Gasteiger partial charge is 0.254 e. The van der Waals surface area contributed by atoms with Gasteiger partial charge in [0.15, 0.2) is 11.5 Å². The lowest BCUT2D eigenvalue weighted by atomic mass is 10.2. The van der Waals surface area contributed by atoms with Crippen LogP contribution in [0.3, 0.4) is 0 Å². The number of ether oxygens (including phenoxy) is 3. The highest BCUT2D eigenvalue weighted by Crippen LogP contribution is 2.33. The van der Waals surface area contributed by atoms with E-state index in [0.29, 0.717) is 49.0 Å². The van der Waals surface area contributed by atoms with E-state index in [1.807, 2.05) is 4.90 Å². The minimum absolute atomic E-state index is 0.104. The molecule has 1 amide bonds. The van der Waals surface area contributed by atoms with Crippen LogP contribution >= 0.6 is 15.9 Å². The quantitative estimate of drug-likeness (QED) is 0.372. The third kappa shape index (κ3) is 6.26. The summed E-state index contributed by atoms with van der Waals surface area (Å²) >= 11 is 3.31. The first-order valence-corrected chi connectivity index (χ1v) is 12.6. The molecule has 1 fully saturated rings. The lowest BCUT2D eigenvalue weighted by Gasteiger charge is -2.33. The SMILES string of the molecule is COc1cc(OC)c(OC)cc1C=NNC(=O)CN1CCN(S(=O)(=O)c2ccc(Br)cc2)CC1. The highest BCUT2D eigenvalue weighted by atomic mass is 79.9. The Bertz CT molecular complexity index is 1130. The molecule has 0 aromatic heterocycles. The molecule has 1 saturated heterocycles. The second kappa shape index (κ2) is 11.6. The van der Waals surface area contributed by atoms with E-state index in [1.54, 1.807) is 36.4 Å². The maximum absolute atomic E-state index is 12.8. The van der Waals surface area contributed by atoms with Gasteiger partial charge in [-0.25, -0.2) is 13.8 Å². The zero-order valence-corrected chi connectivity index (χ0v) is 21.6. The van der Waals surface area contributed by atoms with Gasteiger partial charge in [-0.15, -0.1) is 0 Å². The molecule has 1 N–H and O–H groups in total. The molecule has 0 saturated carbocycles. The molecule has 0 aliphatic carbocycles. The Morgan fingerprint density at radius 1 is 1.00 bits per heavy atom. The fraction of sp³-hybridized carbons (Fsp3) is 0.364. The average molecular weight is 555 g/mol. The van der Waals surface area contributed by atoms with Crippen LogP contribution in [-0.2, 0) is 14.8 Å². The molecule has 0 unspecified atom stereocenters. The van der Waals surface area contributed by atoms with Gasteiger partial charge >= 0.3 is 0 Å². The van der Waals surface area contributed by atoms with Gasteiger partial charge in [-0.2, -0.15) is 9.41 Å². The van der Waals surface area contributed by atoms with Crippen molar-refractivity contribution in [1.82, 2.24) is 14.6 Å². The highest BCUT2D eigenvalue weighted by Gasteiger charge is 2.29. The van der Waals surface area contributed by atoms with E-state index in [4.69, 9.17) is 14.2 Å². The van der Waals surface area contributed by atoms with Crippen LogP contribution in [0.4, 0.5) is 0 Å². The van der Waals surface area contributed by atoms with Crippen LogP contribution in [-0.4, -0.2) is 83.8 Å². The Morgan fingerprint density at radius 3 is 2.18 bits per heavy atom. The highest BCUT2D eigenvalue weighted by molar-refractivity contribution is 9.10. The molecule has 0 bridgehead atoms. The van der Waals surface area contributed by atoms with Crippen molar-refractivity contribution >= 4 is 38.1 Å². The van der Waals surface area contributed by atoms with Crippen LogP contribution in [0, 0.1) is 0 Å². The Hall–Kier alpha value is -2.67. The fourth-order valence-corrected chi connectivity index (χ4v) is 5.14. The predicted molar refractivity (Wildman–Crippen MR) is 131 cm³/mol. The van der Waals surface area contributed by atoms with Gasteiger partial charge in [0.05, 0.1) is 39.0 Å². The van der Waals surface area contributed by atoms with Crippen LogP contribution in [0.2, 0.25) is 0 Å². The molecular weight excluding hydrogens is 528 g/mol. The first-order valence-electron chi connectivity index (χ1n) is 10.4. The average Bonchev–Trinajstić information content (AvgIpc) is 2.84. The molecule has 2 aromatic rings. The van der Waals surface area contributed by atoms with E-state index >= 15 is 0 Å². The summed E-state index contributed by atoms with van der Waals surface area (Å²) in [6.07, 6.45) is 1.46. The van der Waals surface area contributed by atoms with Crippen molar-refractivity contribution < 1.29 is 27.4 Å². The number of sulfonamides is 1. The number of nitrogens with one attached hydrogen (secondary N) is 1. The Morgan fingerprint density at radius 2 is 1.59 bits per heavy atom. The number of nitrogens with zero attached hydrogens (tertiary/aromatic N) is 3. The molecule has 2 aromatic carbocycles. The number of benzene rings is 2. The Balaban J connectivity index is 1.53. The number of hydrogen-bond acceptors (Lipinski definition) is 8. The summed E-state index contributed by atoms with van der Waals surface area (Å²) < 4.78 is 43.7. The molecular formula is C22H27BrN4O6S. The predicted octanol–water partition coefficient (Wildman–Crippen LogP) is 1.93. The van der Waals surface area contributed by atoms with E-state index in [1.165, 1.54) is 31.8 Å². The van der Waals surface area contributed by atoms with E-state index in [0.717, 1.165) is 4.47 Å². The Kier molecular flexibility index (Phi) is 8.89. The van der Waals surface area contributed by atoms with Gasteiger partial charge in [-0.05, 0) is 30.3 Å². The van der Waals surface area contributed by atoms with E-state index < -0.39 is 10.0 Å². The van der Waals surface area contributed by atoms with Crippen LogP contribution in [0.25, 0.3) is 0 Å². The Labute approximate surface area is 207 Å². The fourth-order valence-electron chi connectivity index (χ4n) is 3.45. The van der Waals surface area contributed by atoms with Crippen molar-refractivity contribution in [2.45, 2.75) is 4.90 Å². The molecule has 3 rings (SSSR count). The van der Waals surface area contributed by atoms with Crippen LogP contribution in [0.5, 0.6) is 17.2 Å². The number of halogens is 1. The zero-order chi connectivity index (χ0) is 24.7. The minimum atomic E-state index is -3.56. The van der Waals surface area contributed by atoms with Gasteiger partial charge in [0.2, 0.25) is 10.0 Å². The van der Waals surface area contributed by atoms with Crippen molar-refractivity contribution in [2.75, 3.05) is 54.1 Å². The number of carbonyl (C=O) groups is 1. The zero-order valence-electron chi connectivity index (χ0n) is 19.2. The third-order valence-electron chi connectivity index (χ3n) is 5.28. The first kappa shape index (κ1) is 25.9. The summed E-state index contributed by atoms with van der Waals surface area (Å²) in [5, 5.41) is 4.01. The lowest BCUT2D eigenvalue weighted by Crippen LogP contribution is -2.50. The van der Waals surface area contributed by atoms with Crippen LogP contribution in [0.15, 0.2) is 50.9 Å². The molecule has 1 heterocycles. The molecule has 34 heavy (non-hydrogen) atoms. The van der Waals surface area contributed by atoms with Gasteiger partial charge in [0.25, 0.3) is 5.91 Å². The van der Waals surface area contributed by atoms with Crippen molar-refractivity contribution in [3.8, 4) is 17.2 Å². The summed E-state index contributed by atoms with van der Waals surface area (Å²) in [6, 6.07) is 9.91. The summed E-state index contributed by atoms with van der Waals surface area (Å²) in [5.74, 6) is 1.23. The van der Waals surface area contributed by atoms with Gasteiger partial charge < -0.3 is 14.2 Å². The third-order valence-corrected chi connectivity index (χ3v) is 7.72. The van der Waals surface area contributed by atoms with Crippen molar-refractivity contribution in [3.05, 3.63) is 46.4 Å². The van der Waals surface area contributed by atoms with Gasteiger partial charge in [-0.3, -0.25) is 9.69 Å². The second-order valence-corrected chi connectivity index (χ2v) is 10.2. The molecule has 10 nitrogen and oxygen atoms in total. The van der Waals surface area contributed by atoms with E-state index in [2.05, 4.69) is 26.5 Å². The largest absolute Gasteiger partial charge is 0.496 e. The number of amides is 1. The summed E-state index contributed by atoms with van der Waals surface area (Å²) in [5.41, 5.74) is 3.10. The molecule has 12 heteroatoms. The van der Waals surface area contributed by atoms with E-state index in [9.17, 15) is 13.2 Å². The lowest BCUT2D eigenvalue weighted by molar-refractivity contribution is -0.122. The monoisotopic (exact) mass is 554 g/mol. The number of carbonyl (C=O) groups excluding carboxylic acids is 1. The molecule has 0 radical (unpaired) electrons. The molecule has 0 atom stereocenters. The standard InChI is InChI=1S/C22H27BrN4O6S/c1-31-19-13-21(33-3)20(32-2)12-16(19)14-24-25-22(28)15-26-8-10-27(11-9-26)34(29,30)18-6-4-17(23)5-7-18/h4-7,12-14H,8-11,15H2,1-3H3,(H,25,28). The number of rotatable bonds is 9. The van der Waals surface area contributed by atoms with Crippen LogP contribution < -0.4 is 19.6 Å². The maximum Gasteiger partial charge on any atom is 0.254 e. The number of piperazine rings is 1. The topological polar surface area (TPSA) is 110 Å². The molecule has 1 aliphatic rings. The summed E-state index contributed by atoms with van der Waals surface area (Å²) in [6.45, 7) is 1.59. The van der Waals surface area contributed by atoms with Gasteiger partial charge in [0.1, 0.15) is 5.75 Å². The summed E-state index contributed by atoms with van der Waals surface area (Å²) in [4.78, 5) is 14.5.